The molecule has 0 amide bonds. The van der Waals surface area contributed by atoms with Crippen LogP contribution in [0, 0.1) is 6.92 Å². The Morgan fingerprint density at radius 1 is 0.349 bits per heavy atom. The van der Waals surface area contributed by atoms with E-state index in [1.54, 1.807) is 16.7 Å². The predicted octanol–water partition coefficient (Wildman–Crippen LogP) is 15.3. The van der Waals surface area contributed by atoms with E-state index in [1.807, 2.05) is 0 Å². The highest BCUT2D eigenvalue weighted by molar-refractivity contribution is 5.36. The zero-order valence-electron chi connectivity index (χ0n) is 30.0. The molecule has 0 saturated heterocycles. The summed E-state index contributed by atoms with van der Waals surface area (Å²) in [6, 6.07) is 7.18. The first-order valence-corrected chi connectivity index (χ1v) is 20.2. The van der Waals surface area contributed by atoms with E-state index >= 15 is 0 Å². The van der Waals surface area contributed by atoms with Gasteiger partial charge in [0.1, 0.15) is 0 Å². The van der Waals surface area contributed by atoms with Crippen LogP contribution in [-0.2, 0) is 19.3 Å². The Bertz CT molecular complexity index is 620. The molecule has 0 fully saturated rings. The molecule has 1 radical (unpaired) electrons. The first-order valence-electron chi connectivity index (χ1n) is 20.2. The Morgan fingerprint density at radius 3 is 0.860 bits per heavy atom. The van der Waals surface area contributed by atoms with Crippen LogP contribution in [0.25, 0.3) is 0 Å². The molecule has 0 aliphatic carbocycles. The lowest BCUT2D eigenvalue weighted by Crippen LogP contribution is -2.01. The topological polar surface area (TPSA) is 0 Å². The van der Waals surface area contributed by atoms with Crippen LogP contribution in [0.2, 0.25) is 0 Å². The van der Waals surface area contributed by atoms with E-state index in [0.29, 0.717) is 0 Å². The lowest BCUT2D eigenvalue weighted by Gasteiger charge is -2.15. The van der Waals surface area contributed by atoms with E-state index < -0.39 is 0 Å². The molecule has 0 aromatic heterocycles. The Balaban J connectivity index is 2.05. The van der Waals surface area contributed by atoms with Crippen molar-refractivity contribution >= 4 is 0 Å². The molecule has 0 aliphatic rings. The summed E-state index contributed by atoms with van der Waals surface area (Å²) in [5.74, 6) is 0. The van der Waals surface area contributed by atoms with Gasteiger partial charge in [0, 0.05) is 0 Å². The zero-order chi connectivity index (χ0) is 30.9. The van der Waals surface area contributed by atoms with Gasteiger partial charge in [-0.25, -0.2) is 0 Å². The fourth-order valence-corrected chi connectivity index (χ4v) is 7.03. The van der Waals surface area contributed by atoms with Gasteiger partial charge in [0.05, 0.1) is 0 Å². The summed E-state index contributed by atoms with van der Waals surface area (Å²) in [7, 11) is 0. The molecular weight excluding hydrogens is 516 g/mol. The predicted molar refractivity (Wildman–Crippen MR) is 197 cm³/mol. The second kappa shape index (κ2) is 32.6. The molecule has 0 spiro atoms. The number of rotatable bonds is 34. The van der Waals surface area contributed by atoms with Gasteiger partial charge in [-0.3, -0.25) is 0 Å². The zero-order valence-corrected chi connectivity index (χ0v) is 30.0. The molecular formula is C43H79. The molecule has 0 heterocycles. The monoisotopic (exact) mass is 596 g/mol. The van der Waals surface area contributed by atoms with E-state index in [1.165, 1.54) is 212 Å². The number of unbranched alkanes of at least 4 members (excludes halogenated alkanes) is 28. The Kier molecular flexibility index (Phi) is 30.5. The van der Waals surface area contributed by atoms with Crippen molar-refractivity contribution in [3.05, 3.63) is 41.8 Å². The van der Waals surface area contributed by atoms with Crippen LogP contribution in [0.5, 0.6) is 0 Å². The summed E-state index contributed by atoms with van der Waals surface area (Å²) in [6.45, 7) is 8.83. The molecule has 0 nitrogen and oxygen atoms in total. The van der Waals surface area contributed by atoms with Crippen LogP contribution in [0.4, 0.5) is 0 Å². The summed E-state index contributed by atoms with van der Waals surface area (Å²) in [4.78, 5) is 0. The minimum absolute atomic E-state index is 1.03. The number of aryl methyl sites for hydroxylation is 2. The fourth-order valence-electron chi connectivity index (χ4n) is 7.03. The fraction of sp³-hybridized carbons (Fsp3) is 0.837. The summed E-state index contributed by atoms with van der Waals surface area (Å²) in [5, 5.41) is 0. The number of hydrogen-bond acceptors (Lipinski definition) is 0. The standard InChI is InChI=1S/C43H79/c1-4-7-9-11-13-15-17-19-21-23-25-27-29-31-33-37-41-39-35-40-42(43(41)36-6-3)38-34-32-30-28-26-24-22-20-18-16-14-12-10-8-5-2/h35,39-40H,3-34,36-38H2,1-2H3. The summed E-state index contributed by atoms with van der Waals surface area (Å²) >= 11 is 0. The van der Waals surface area contributed by atoms with Gasteiger partial charge < -0.3 is 0 Å². The van der Waals surface area contributed by atoms with E-state index in [2.05, 4.69) is 39.0 Å². The highest BCUT2D eigenvalue weighted by Crippen LogP contribution is 2.23. The molecule has 0 saturated carbocycles. The largest absolute Gasteiger partial charge is 0.0654 e. The average Bonchev–Trinajstić information content (AvgIpc) is 3.02. The maximum absolute atomic E-state index is 4.22. The Hall–Kier alpha value is -0.780. The van der Waals surface area contributed by atoms with Crippen LogP contribution in [0.3, 0.4) is 0 Å². The van der Waals surface area contributed by atoms with Crippen molar-refractivity contribution in [2.45, 2.75) is 232 Å². The van der Waals surface area contributed by atoms with Gasteiger partial charge in [-0.05, 0) is 55.2 Å². The summed E-state index contributed by atoms with van der Waals surface area (Å²) in [6.07, 6.45) is 48.1. The lowest BCUT2D eigenvalue weighted by molar-refractivity contribution is 0.531. The normalized spacial score (nSPS) is 11.5. The van der Waals surface area contributed by atoms with Crippen molar-refractivity contribution < 1.29 is 0 Å². The van der Waals surface area contributed by atoms with Crippen LogP contribution >= 0.6 is 0 Å². The summed E-state index contributed by atoms with van der Waals surface area (Å²) < 4.78 is 0. The van der Waals surface area contributed by atoms with E-state index in [-0.39, 0.29) is 0 Å². The third-order valence-corrected chi connectivity index (χ3v) is 9.90. The van der Waals surface area contributed by atoms with Crippen molar-refractivity contribution in [3.63, 3.8) is 0 Å². The third-order valence-electron chi connectivity index (χ3n) is 9.90. The highest BCUT2D eigenvalue weighted by Gasteiger charge is 2.08. The maximum Gasteiger partial charge on any atom is -0.0273 e. The molecule has 0 atom stereocenters. The van der Waals surface area contributed by atoms with Gasteiger partial charge in [-0.2, -0.15) is 0 Å². The molecule has 0 N–H and O–H groups in total. The van der Waals surface area contributed by atoms with Crippen molar-refractivity contribution in [3.8, 4) is 0 Å². The SMILES string of the molecule is [CH2]CCc1c(CCCCCCCCCCCCCCCCC)cccc1CCCCCCCCCCCCCCCCC. The first kappa shape index (κ1) is 40.2. The number of hydrogen-bond donors (Lipinski definition) is 0. The minimum Gasteiger partial charge on any atom is -0.0654 e. The lowest BCUT2D eigenvalue weighted by atomic mass is 9.91. The van der Waals surface area contributed by atoms with E-state index in [4.69, 9.17) is 0 Å². The van der Waals surface area contributed by atoms with Crippen LogP contribution in [0.15, 0.2) is 18.2 Å². The average molecular weight is 596 g/mol. The molecule has 43 heavy (non-hydrogen) atoms. The van der Waals surface area contributed by atoms with Gasteiger partial charge in [0.2, 0.25) is 0 Å². The van der Waals surface area contributed by atoms with Crippen LogP contribution < -0.4 is 0 Å². The van der Waals surface area contributed by atoms with Crippen molar-refractivity contribution in [1.29, 1.82) is 0 Å². The molecule has 1 aromatic carbocycles. The molecule has 0 heteroatoms. The smallest absolute Gasteiger partial charge is 0.0273 e. The van der Waals surface area contributed by atoms with Crippen molar-refractivity contribution in [2.75, 3.05) is 0 Å². The summed E-state index contributed by atoms with van der Waals surface area (Å²) in [5.41, 5.74) is 4.93. The molecule has 1 aromatic rings. The Morgan fingerprint density at radius 2 is 0.605 bits per heavy atom. The maximum atomic E-state index is 4.22. The van der Waals surface area contributed by atoms with Crippen LogP contribution in [-0.4, -0.2) is 0 Å². The van der Waals surface area contributed by atoms with Crippen molar-refractivity contribution in [1.82, 2.24) is 0 Å². The van der Waals surface area contributed by atoms with E-state index in [9.17, 15) is 0 Å². The Labute approximate surface area is 273 Å². The van der Waals surface area contributed by atoms with Crippen LogP contribution in [0.1, 0.15) is 230 Å². The van der Waals surface area contributed by atoms with Gasteiger partial charge in [0.15, 0.2) is 0 Å². The second-order valence-corrected chi connectivity index (χ2v) is 14.1. The van der Waals surface area contributed by atoms with Gasteiger partial charge >= 0.3 is 0 Å². The highest BCUT2D eigenvalue weighted by atomic mass is 14.1. The minimum atomic E-state index is 1.03. The molecule has 0 aliphatic heterocycles. The first-order chi connectivity index (χ1) is 21.3. The van der Waals surface area contributed by atoms with Gasteiger partial charge in [0.25, 0.3) is 0 Å². The van der Waals surface area contributed by atoms with Gasteiger partial charge in [-0.1, -0.05) is 219 Å². The molecule has 1 rings (SSSR count). The third kappa shape index (κ3) is 25.1. The quantitative estimate of drug-likeness (QED) is 0.0695. The van der Waals surface area contributed by atoms with Crippen molar-refractivity contribution in [2.24, 2.45) is 0 Å². The molecule has 251 valence electrons. The molecule has 0 bridgehead atoms. The molecule has 0 unspecified atom stereocenters. The van der Waals surface area contributed by atoms with Gasteiger partial charge in [-0.15, -0.1) is 0 Å². The van der Waals surface area contributed by atoms with E-state index in [0.717, 1.165) is 6.42 Å². The number of benzene rings is 1. The second-order valence-electron chi connectivity index (χ2n) is 14.1.